The summed E-state index contributed by atoms with van der Waals surface area (Å²) in [7, 11) is -2.96. The van der Waals surface area contributed by atoms with Gasteiger partial charge in [0.05, 0.1) is 18.3 Å². The van der Waals surface area contributed by atoms with Gasteiger partial charge >= 0.3 is 0 Å². The van der Waals surface area contributed by atoms with E-state index in [-0.39, 0.29) is 30.0 Å². The number of rotatable bonds is 15. The molecule has 0 radical (unpaired) electrons. The number of ether oxygens (including phenoxy) is 1. The summed E-state index contributed by atoms with van der Waals surface area (Å²) in [6.45, 7) is 1.14. The van der Waals surface area contributed by atoms with Gasteiger partial charge in [-0.25, -0.2) is 12.8 Å². The van der Waals surface area contributed by atoms with Crippen LogP contribution in [0.5, 0.6) is 5.75 Å². The molecule has 43 heavy (non-hydrogen) atoms. The molecule has 1 N–H and O–H groups in total. The Bertz CT molecular complexity index is 1540. The van der Waals surface area contributed by atoms with Crippen molar-refractivity contribution in [3.05, 3.63) is 99.9 Å². The molecule has 230 valence electrons. The van der Waals surface area contributed by atoms with Crippen molar-refractivity contribution >= 4 is 33.2 Å². The van der Waals surface area contributed by atoms with Crippen molar-refractivity contribution in [3.63, 3.8) is 0 Å². The first-order valence-electron chi connectivity index (χ1n) is 13.6. The van der Waals surface area contributed by atoms with Crippen LogP contribution in [0.3, 0.4) is 0 Å². The van der Waals surface area contributed by atoms with Crippen molar-refractivity contribution < 1.29 is 32.1 Å². The number of nitro groups is 1. The van der Waals surface area contributed by atoms with E-state index in [0.717, 1.165) is 35.3 Å². The van der Waals surface area contributed by atoms with Gasteiger partial charge in [0.25, 0.3) is 5.69 Å². The van der Waals surface area contributed by atoms with Crippen LogP contribution >= 0.6 is 0 Å². The molecule has 3 rings (SSSR count). The quantitative estimate of drug-likeness (QED) is 0.155. The highest BCUT2D eigenvalue weighted by atomic mass is 32.2. The molecule has 1 atom stereocenters. The number of benzene rings is 3. The number of hydrogen-bond acceptors (Lipinski definition) is 7. The standard InChI is InChI=1S/C30H35FN4O7S/c1-4-5-17-32-30(37)27(18-22-11-7-6-8-12-22)33(20-23-13-9-10-14-25(23)31)29(36)21-34(43(3,40)41)26-19-24(35(38)39)15-16-28(26)42-2/h6-16,19,27H,4-5,17-18,20-21H2,1-3H3,(H,32,37). The SMILES string of the molecule is CCCCNC(=O)C(Cc1ccccc1)N(Cc1ccccc1F)C(=O)CN(c1cc([N+](=O)[O-])ccc1OC)S(C)(=O)=O. The summed E-state index contributed by atoms with van der Waals surface area (Å²) in [5.74, 6) is -1.94. The van der Waals surface area contributed by atoms with Crippen LogP contribution in [0.25, 0.3) is 0 Å². The zero-order valence-corrected chi connectivity index (χ0v) is 25.1. The molecule has 0 aromatic heterocycles. The lowest BCUT2D eigenvalue weighted by Crippen LogP contribution is -2.53. The smallest absolute Gasteiger partial charge is 0.271 e. The van der Waals surface area contributed by atoms with E-state index in [4.69, 9.17) is 4.74 Å². The zero-order chi connectivity index (χ0) is 31.6. The molecule has 0 saturated heterocycles. The lowest BCUT2D eigenvalue weighted by molar-refractivity contribution is -0.384. The predicted octanol–water partition coefficient (Wildman–Crippen LogP) is 4.06. The minimum Gasteiger partial charge on any atom is -0.495 e. The number of halogens is 1. The molecule has 0 aliphatic carbocycles. The van der Waals surface area contributed by atoms with Crippen LogP contribution in [0.15, 0.2) is 72.8 Å². The van der Waals surface area contributed by atoms with E-state index in [2.05, 4.69) is 5.32 Å². The molecule has 0 spiro atoms. The Morgan fingerprint density at radius 3 is 2.35 bits per heavy atom. The summed E-state index contributed by atoms with van der Waals surface area (Å²) in [6, 6.07) is 16.9. The number of carbonyl (C=O) groups is 2. The largest absolute Gasteiger partial charge is 0.495 e. The van der Waals surface area contributed by atoms with Gasteiger partial charge in [-0.3, -0.25) is 24.0 Å². The fraction of sp³-hybridized carbons (Fsp3) is 0.333. The highest BCUT2D eigenvalue weighted by Gasteiger charge is 2.34. The first kappa shape index (κ1) is 33.0. The third kappa shape index (κ3) is 8.98. The van der Waals surface area contributed by atoms with E-state index in [0.29, 0.717) is 17.3 Å². The van der Waals surface area contributed by atoms with E-state index in [9.17, 15) is 32.5 Å². The highest BCUT2D eigenvalue weighted by Crippen LogP contribution is 2.34. The summed E-state index contributed by atoms with van der Waals surface area (Å²) >= 11 is 0. The van der Waals surface area contributed by atoms with Crippen LogP contribution < -0.4 is 14.4 Å². The van der Waals surface area contributed by atoms with Gasteiger partial charge in [-0.15, -0.1) is 0 Å². The third-order valence-corrected chi connectivity index (χ3v) is 7.85. The van der Waals surface area contributed by atoms with Crippen LogP contribution in [-0.4, -0.2) is 62.6 Å². The van der Waals surface area contributed by atoms with Gasteiger partial charge in [0.1, 0.15) is 29.8 Å². The number of carbonyl (C=O) groups excluding carboxylic acids is 2. The number of nitro benzene ring substituents is 1. The van der Waals surface area contributed by atoms with E-state index in [1.165, 1.54) is 31.4 Å². The summed E-state index contributed by atoms with van der Waals surface area (Å²) in [6.07, 6.45) is 2.42. The highest BCUT2D eigenvalue weighted by molar-refractivity contribution is 7.92. The normalized spacial score (nSPS) is 11.8. The molecule has 0 bridgehead atoms. The van der Waals surface area contributed by atoms with Crippen molar-refractivity contribution in [1.82, 2.24) is 10.2 Å². The molecular formula is C30H35FN4O7S. The first-order valence-corrected chi connectivity index (χ1v) is 15.5. The summed E-state index contributed by atoms with van der Waals surface area (Å²) in [4.78, 5) is 39.6. The first-order chi connectivity index (χ1) is 20.5. The number of anilines is 1. The maximum Gasteiger partial charge on any atom is 0.271 e. The molecule has 0 saturated carbocycles. The fourth-order valence-electron chi connectivity index (χ4n) is 4.45. The molecular weight excluding hydrogens is 579 g/mol. The number of sulfonamides is 1. The summed E-state index contributed by atoms with van der Waals surface area (Å²) in [5.41, 5.74) is 0.196. The molecule has 3 aromatic carbocycles. The number of hydrogen-bond donors (Lipinski definition) is 1. The number of unbranched alkanes of at least 4 members (excludes halogenated alkanes) is 1. The van der Waals surface area contributed by atoms with Crippen molar-refractivity contribution in [1.29, 1.82) is 0 Å². The second kappa shape index (κ2) is 15.1. The Hall–Kier alpha value is -4.52. The van der Waals surface area contributed by atoms with Crippen molar-refractivity contribution in [3.8, 4) is 5.75 Å². The van der Waals surface area contributed by atoms with Crippen molar-refractivity contribution in [2.45, 2.75) is 38.8 Å². The second-order valence-electron chi connectivity index (χ2n) is 9.85. The fourth-order valence-corrected chi connectivity index (χ4v) is 5.30. The van der Waals surface area contributed by atoms with Crippen LogP contribution in [0.4, 0.5) is 15.8 Å². The second-order valence-corrected chi connectivity index (χ2v) is 11.8. The van der Waals surface area contributed by atoms with Gasteiger partial charge in [-0.2, -0.15) is 0 Å². The molecule has 13 heteroatoms. The van der Waals surface area contributed by atoms with Gasteiger partial charge in [-0.1, -0.05) is 61.9 Å². The number of amides is 2. The average molecular weight is 615 g/mol. The third-order valence-electron chi connectivity index (χ3n) is 6.72. The molecule has 0 aliphatic heterocycles. The number of nitrogens with zero attached hydrogens (tertiary/aromatic N) is 3. The maximum atomic E-state index is 14.9. The Balaban J connectivity index is 2.12. The monoisotopic (exact) mass is 614 g/mol. The number of non-ortho nitro benzene ring substituents is 1. The van der Waals surface area contributed by atoms with E-state index >= 15 is 0 Å². The number of methoxy groups -OCH3 is 1. The molecule has 3 aromatic rings. The summed E-state index contributed by atoms with van der Waals surface area (Å²) in [5, 5.41) is 14.3. The van der Waals surface area contributed by atoms with Crippen molar-refractivity contribution in [2.24, 2.45) is 0 Å². The molecule has 2 amide bonds. The Morgan fingerprint density at radius 1 is 1.07 bits per heavy atom. The maximum absolute atomic E-state index is 14.9. The van der Waals surface area contributed by atoms with Gasteiger partial charge < -0.3 is 15.0 Å². The van der Waals surface area contributed by atoms with E-state index in [1.54, 1.807) is 36.4 Å². The van der Waals surface area contributed by atoms with Crippen LogP contribution in [0.2, 0.25) is 0 Å². The average Bonchev–Trinajstić information content (AvgIpc) is 2.98. The Labute approximate surface area is 250 Å². The van der Waals surface area contributed by atoms with Crippen LogP contribution in [0, 0.1) is 15.9 Å². The molecule has 0 aliphatic rings. The van der Waals surface area contributed by atoms with Gasteiger partial charge in [0.15, 0.2) is 0 Å². The van der Waals surface area contributed by atoms with E-state index in [1.807, 2.05) is 6.92 Å². The predicted molar refractivity (Wildman–Crippen MR) is 161 cm³/mol. The molecule has 11 nitrogen and oxygen atoms in total. The van der Waals surface area contributed by atoms with Gasteiger partial charge in [0, 0.05) is 37.2 Å². The Kier molecular flexibility index (Phi) is 11.6. The van der Waals surface area contributed by atoms with Crippen molar-refractivity contribution in [2.75, 3.05) is 30.8 Å². The minimum absolute atomic E-state index is 0.0253. The lowest BCUT2D eigenvalue weighted by atomic mass is 10.0. The minimum atomic E-state index is -4.22. The lowest BCUT2D eigenvalue weighted by Gasteiger charge is -2.33. The van der Waals surface area contributed by atoms with E-state index < -0.39 is 50.9 Å². The van der Waals surface area contributed by atoms with Crippen LogP contribution in [0.1, 0.15) is 30.9 Å². The molecule has 0 fully saturated rings. The zero-order valence-electron chi connectivity index (χ0n) is 24.2. The summed E-state index contributed by atoms with van der Waals surface area (Å²) < 4.78 is 46.8. The van der Waals surface area contributed by atoms with Gasteiger partial charge in [0.2, 0.25) is 21.8 Å². The molecule has 0 heterocycles. The molecule has 1 unspecified atom stereocenters. The Morgan fingerprint density at radius 2 is 1.74 bits per heavy atom. The topological polar surface area (TPSA) is 139 Å². The van der Waals surface area contributed by atoms with Gasteiger partial charge in [-0.05, 0) is 24.1 Å². The number of nitrogens with one attached hydrogen (secondary N) is 1. The van der Waals surface area contributed by atoms with Crippen LogP contribution in [-0.2, 0) is 32.6 Å².